The van der Waals surface area contributed by atoms with E-state index in [9.17, 15) is 35.1 Å². The molecule has 0 aromatic carbocycles. The largest absolute Gasteiger partial charge is 0.380 e. The van der Waals surface area contributed by atoms with E-state index in [1.165, 1.54) is 0 Å². The third kappa shape index (κ3) is 1.83. The van der Waals surface area contributed by atoms with Crippen LogP contribution in [0, 0.1) is 29.6 Å². The van der Waals surface area contributed by atoms with E-state index in [0.29, 0.717) is 0 Å². The molecule has 6 atom stereocenters. The number of hydrogen-bond acceptors (Lipinski definition) is 1. The van der Waals surface area contributed by atoms with Gasteiger partial charge in [-0.2, -0.15) is 26.3 Å². The van der Waals surface area contributed by atoms with E-state index < -0.39 is 36.4 Å². The summed E-state index contributed by atoms with van der Waals surface area (Å²) >= 11 is 0. The van der Waals surface area contributed by atoms with Gasteiger partial charge in [-0.25, -0.2) is 8.78 Å². The van der Waals surface area contributed by atoms with Gasteiger partial charge in [0.25, 0.3) is 0 Å². The first kappa shape index (κ1) is 17.2. The van der Waals surface area contributed by atoms with Crippen molar-refractivity contribution in [2.75, 3.05) is 6.61 Å². The van der Waals surface area contributed by atoms with Crippen LogP contribution in [0.5, 0.6) is 0 Å². The zero-order valence-corrected chi connectivity index (χ0v) is 12.3. The van der Waals surface area contributed by atoms with E-state index in [1.807, 2.05) is 6.92 Å². The predicted octanol–water partition coefficient (Wildman–Crippen LogP) is 4.46. The van der Waals surface area contributed by atoms with Gasteiger partial charge in [-0.3, -0.25) is 0 Å². The zero-order valence-electron chi connectivity index (χ0n) is 12.3. The summed E-state index contributed by atoms with van der Waals surface area (Å²) in [7, 11) is 0. The highest BCUT2D eigenvalue weighted by molar-refractivity contribution is 5.30. The van der Waals surface area contributed by atoms with Crippen molar-refractivity contribution in [3.05, 3.63) is 0 Å². The van der Waals surface area contributed by atoms with Crippen molar-refractivity contribution in [1.82, 2.24) is 0 Å². The highest BCUT2D eigenvalue weighted by atomic mass is 19.4. The van der Waals surface area contributed by atoms with Crippen LogP contribution < -0.4 is 0 Å². The molecule has 0 aromatic rings. The van der Waals surface area contributed by atoms with E-state index in [0.717, 1.165) is 6.42 Å². The molecular formula is C14H16F8O. The maximum Gasteiger partial charge on any atom is 0.380 e. The third-order valence-electron chi connectivity index (χ3n) is 6.20. The lowest BCUT2D eigenvalue weighted by Gasteiger charge is -2.33. The van der Waals surface area contributed by atoms with Crippen molar-refractivity contribution in [2.45, 2.75) is 50.1 Å². The molecule has 4 rings (SSSR count). The van der Waals surface area contributed by atoms with Gasteiger partial charge in [-0.1, -0.05) is 13.8 Å². The number of alkyl halides is 8. The van der Waals surface area contributed by atoms with Crippen molar-refractivity contribution in [2.24, 2.45) is 29.6 Å². The van der Waals surface area contributed by atoms with Crippen LogP contribution in [0.25, 0.3) is 0 Å². The quantitative estimate of drug-likeness (QED) is 0.641. The highest BCUT2D eigenvalue weighted by Gasteiger charge is 2.83. The first-order valence-corrected chi connectivity index (χ1v) is 7.38. The second kappa shape index (κ2) is 4.52. The van der Waals surface area contributed by atoms with E-state index in [-0.39, 0.29) is 29.6 Å². The van der Waals surface area contributed by atoms with Crippen LogP contribution in [-0.2, 0) is 4.74 Å². The molecule has 0 heterocycles. The summed E-state index contributed by atoms with van der Waals surface area (Å²) in [5, 5.41) is 0. The molecule has 4 bridgehead atoms. The van der Waals surface area contributed by atoms with E-state index in [2.05, 4.69) is 0 Å². The monoisotopic (exact) mass is 352 g/mol. The van der Waals surface area contributed by atoms with E-state index in [4.69, 9.17) is 4.74 Å². The Bertz CT molecular complexity index is 503. The maximum atomic E-state index is 13.6. The molecule has 4 fully saturated rings. The van der Waals surface area contributed by atoms with Crippen molar-refractivity contribution in [1.29, 1.82) is 0 Å². The lowest BCUT2D eigenvalue weighted by Crippen LogP contribution is -2.59. The van der Waals surface area contributed by atoms with E-state index in [1.54, 1.807) is 6.92 Å². The van der Waals surface area contributed by atoms with Crippen LogP contribution >= 0.6 is 0 Å². The van der Waals surface area contributed by atoms with E-state index >= 15 is 0 Å². The Morgan fingerprint density at radius 1 is 1.09 bits per heavy atom. The Morgan fingerprint density at radius 3 is 2.00 bits per heavy atom. The molecule has 0 radical (unpaired) electrons. The molecular weight excluding hydrogens is 336 g/mol. The van der Waals surface area contributed by atoms with Gasteiger partial charge in [-0.05, 0) is 36.0 Å². The topological polar surface area (TPSA) is 9.23 Å². The maximum absolute atomic E-state index is 13.6. The third-order valence-corrected chi connectivity index (χ3v) is 6.20. The number of rotatable bonds is 6. The fourth-order valence-electron chi connectivity index (χ4n) is 5.02. The summed E-state index contributed by atoms with van der Waals surface area (Å²) in [5.74, 6) is -17.5. The van der Waals surface area contributed by atoms with Crippen molar-refractivity contribution >= 4 is 0 Å². The van der Waals surface area contributed by atoms with Gasteiger partial charge < -0.3 is 4.74 Å². The standard InChI is InChI=1S/C14H16F8O/c1-5-7-3-8-9(5)12(8,6(7)2)23-4-11(17,18)14(21,22)13(19,20)10(15)16/h5-10H,3-4H2,1-2H3. The second-order valence-corrected chi connectivity index (χ2v) is 7.02. The average Bonchev–Trinajstić information content (AvgIpc) is 2.69. The lowest BCUT2D eigenvalue weighted by molar-refractivity contribution is -0.349. The first-order valence-electron chi connectivity index (χ1n) is 7.38. The van der Waals surface area contributed by atoms with Crippen LogP contribution in [0.15, 0.2) is 0 Å². The average molecular weight is 352 g/mol. The second-order valence-electron chi connectivity index (χ2n) is 7.02. The van der Waals surface area contributed by atoms with Crippen LogP contribution in [0.3, 0.4) is 0 Å². The molecule has 0 saturated heterocycles. The summed E-state index contributed by atoms with van der Waals surface area (Å²) in [6.07, 6.45) is -4.16. The molecule has 0 aliphatic heterocycles. The molecule has 23 heavy (non-hydrogen) atoms. The number of hydrogen-bond donors (Lipinski definition) is 0. The minimum atomic E-state index is -6.19. The summed E-state index contributed by atoms with van der Waals surface area (Å²) in [6.45, 7) is 1.69. The van der Waals surface area contributed by atoms with Gasteiger partial charge in [0.05, 0.1) is 5.60 Å². The van der Waals surface area contributed by atoms with Crippen LogP contribution in [-0.4, -0.2) is 36.4 Å². The molecule has 134 valence electrons. The molecule has 9 heteroatoms. The lowest BCUT2D eigenvalue weighted by atomic mass is 9.93. The Hall–Kier alpha value is -0.600. The highest BCUT2D eigenvalue weighted by Crippen LogP contribution is 2.79. The molecule has 1 nitrogen and oxygen atoms in total. The SMILES string of the molecule is CC1C2CC3C1C3(OCC(F)(F)C(F)(F)C(F)(F)C(F)F)C2C. The molecule has 0 amide bonds. The Kier molecular flexibility index (Phi) is 3.38. The Balaban J connectivity index is 1.74. The van der Waals surface area contributed by atoms with Gasteiger partial charge >= 0.3 is 24.2 Å². The molecule has 0 aromatic heterocycles. The molecule has 0 spiro atoms. The summed E-state index contributed by atoms with van der Waals surface area (Å²) in [4.78, 5) is 0. The molecule has 4 aliphatic rings. The molecule has 4 aliphatic carbocycles. The van der Waals surface area contributed by atoms with Gasteiger partial charge in [-0.15, -0.1) is 0 Å². The Labute approximate surface area is 127 Å². The fourth-order valence-corrected chi connectivity index (χ4v) is 5.02. The minimum Gasteiger partial charge on any atom is -0.368 e. The van der Waals surface area contributed by atoms with Crippen molar-refractivity contribution in [3.63, 3.8) is 0 Å². The summed E-state index contributed by atoms with van der Waals surface area (Å²) in [6, 6.07) is 0. The predicted molar refractivity (Wildman–Crippen MR) is 62.9 cm³/mol. The zero-order chi connectivity index (χ0) is 17.6. The van der Waals surface area contributed by atoms with Crippen molar-refractivity contribution < 1.29 is 39.9 Å². The molecule has 4 saturated carbocycles. The van der Waals surface area contributed by atoms with Gasteiger partial charge in [0.15, 0.2) is 0 Å². The molecule has 6 unspecified atom stereocenters. The van der Waals surface area contributed by atoms with Gasteiger partial charge in [0.2, 0.25) is 0 Å². The normalized spacial score (nSPS) is 42.7. The molecule has 0 N–H and O–H groups in total. The van der Waals surface area contributed by atoms with Gasteiger partial charge in [0.1, 0.15) is 6.61 Å². The first-order chi connectivity index (χ1) is 10.3. The number of ether oxygens (including phenoxy) is 1. The fraction of sp³-hybridized carbons (Fsp3) is 1.00. The number of halogens is 8. The van der Waals surface area contributed by atoms with Gasteiger partial charge in [0, 0.05) is 0 Å². The van der Waals surface area contributed by atoms with Crippen LogP contribution in [0.2, 0.25) is 0 Å². The van der Waals surface area contributed by atoms with Crippen LogP contribution in [0.4, 0.5) is 35.1 Å². The van der Waals surface area contributed by atoms with Crippen LogP contribution in [0.1, 0.15) is 20.3 Å². The minimum absolute atomic E-state index is 0.0301. The van der Waals surface area contributed by atoms with Crippen molar-refractivity contribution in [3.8, 4) is 0 Å². The summed E-state index contributed by atoms with van der Waals surface area (Å²) in [5.41, 5.74) is -0.982. The smallest absolute Gasteiger partial charge is 0.368 e. The summed E-state index contributed by atoms with van der Waals surface area (Å²) < 4.78 is 108. The Morgan fingerprint density at radius 2 is 1.65 bits per heavy atom.